The minimum Gasteiger partial charge on any atom is -0.370 e. The molecule has 0 amide bonds. The van der Waals surface area contributed by atoms with Crippen molar-refractivity contribution in [3.05, 3.63) is 63.9 Å². The molecule has 0 spiro atoms. The van der Waals surface area contributed by atoms with E-state index in [0.717, 1.165) is 16.7 Å². The fourth-order valence-electron chi connectivity index (χ4n) is 3.29. The second-order valence-corrected chi connectivity index (χ2v) is 6.15. The Kier molecular flexibility index (Phi) is 2.57. The normalized spacial score (nSPS) is 19.8. The van der Waals surface area contributed by atoms with E-state index in [1.165, 1.54) is 4.57 Å². The molecule has 0 bridgehead atoms. The van der Waals surface area contributed by atoms with Crippen molar-refractivity contribution in [1.82, 2.24) is 9.55 Å². The predicted molar refractivity (Wildman–Crippen MR) is 85.7 cm³/mol. The minimum absolute atomic E-state index is 0.197. The molecule has 3 aromatic rings. The van der Waals surface area contributed by atoms with Crippen LogP contribution in [-0.4, -0.2) is 14.7 Å². The van der Waals surface area contributed by atoms with Gasteiger partial charge in [-0.2, -0.15) is 0 Å². The summed E-state index contributed by atoms with van der Waals surface area (Å²) in [5.74, 6) is 0.537. The molecule has 1 atom stereocenters. The van der Waals surface area contributed by atoms with Crippen molar-refractivity contribution in [3.63, 3.8) is 0 Å². The van der Waals surface area contributed by atoms with Gasteiger partial charge in [-0.15, -0.1) is 0 Å². The zero-order valence-electron chi connectivity index (χ0n) is 12.5. The summed E-state index contributed by atoms with van der Waals surface area (Å²) in [6.07, 6.45) is 0.400. The zero-order chi connectivity index (χ0) is 15.5. The van der Waals surface area contributed by atoms with Crippen molar-refractivity contribution >= 4 is 10.9 Å². The van der Waals surface area contributed by atoms with Gasteiger partial charge in [-0.25, -0.2) is 4.98 Å². The van der Waals surface area contributed by atoms with Crippen LogP contribution in [0.15, 0.2) is 47.3 Å². The van der Waals surface area contributed by atoms with E-state index in [0.29, 0.717) is 23.1 Å². The topological polar surface area (TPSA) is 55.1 Å². The van der Waals surface area contributed by atoms with Crippen molar-refractivity contribution in [1.29, 1.82) is 0 Å². The van der Waals surface area contributed by atoms with Crippen LogP contribution in [0.3, 0.4) is 0 Å². The van der Waals surface area contributed by atoms with Gasteiger partial charge in [-0.05, 0) is 31.5 Å². The lowest BCUT2D eigenvalue weighted by atomic mass is 9.92. The molecule has 1 aliphatic heterocycles. The van der Waals surface area contributed by atoms with Crippen molar-refractivity contribution in [2.24, 2.45) is 0 Å². The van der Waals surface area contributed by atoms with E-state index in [1.54, 1.807) is 13.0 Å². The molecule has 4 nitrogen and oxygen atoms in total. The molecule has 1 aliphatic rings. The molecule has 2 heterocycles. The third-order valence-electron chi connectivity index (χ3n) is 4.28. The summed E-state index contributed by atoms with van der Waals surface area (Å²) in [5, 5.41) is 11.4. The monoisotopic (exact) mass is 292 g/mol. The van der Waals surface area contributed by atoms with Gasteiger partial charge in [-0.1, -0.05) is 35.9 Å². The van der Waals surface area contributed by atoms with Crippen LogP contribution in [0.25, 0.3) is 22.3 Å². The van der Waals surface area contributed by atoms with E-state index < -0.39 is 5.72 Å². The van der Waals surface area contributed by atoms with Crippen LogP contribution in [0.2, 0.25) is 0 Å². The first-order chi connectivity index (χ1) is 10.5. The van der Waals surface area contributed by atoms with Gasteiger partial charge in [0, 0.05) is 12.0 Å². The van der Waals surface area contributed by atoms with E-state index >= 15 is 0 Å². The molecule has 0 radical (unpaired) electrons. The molecule has 1 unspecified atom stereocenters. The van der Waals surface area contributed by atoms with Crippen LogP contribution in [0, 0.1) is 6.92 Å². The SMILES string of the molecule is Cc1ccc2c(c1)CC(C)(O)n1c-2nc2ccccc2c1=O. The average molecular weight is 292 g/mol. The van der Waals surface area contributed by atoms with Crippen molar-refractivity contribution in [2.75, 3.05) is 0 Å². The first-order valence-corrected chi connectivity index (χ1v) is 7.32. The van der Waals surface area contributed by atoms with E-state index in [-0.39, 0.29) is 5.56 Å². The lowest BCUT2D eigenvalue weighted by molar-refractivity contribution is -0.0225. The number of aliphatic hydroxyl groups is 1. The molecule has 2 aromatic carbocycles. The van der Waals surface area contributed by atoms with Gasteiger partial charge in [0.2, 0.25) is 0 Å². The Labute approximate surface area is 127 Å². The summed E-state index contributed by atoms with van der Waals surface area (Å²) in [7, 11) is 0. The van der Waals surface area contributed by atoms with Crippen molar-refractivity contribution in [3.8, 4) is 11.4 Å². The standard InChI is InChI=1S/C18H16N2O2/c1-11-7-8-13-12(9-11)10-18(2,22)20-16(13)19-15-6-4-3-5-14(15)17(20)21/h3-9,22H,10H2,1-2H3. The summed E-state index contributed by atoms with van der Waals surface area (Å²) in [6, 6.07) is 13.3. The van der Waals surface area contributed by atoms with E-state index in [1.807, 2.05) is 37.3 Å². The van der Waals surface area contributed by atoms with Gasteiger partial charge in [-0.3, -0.25) is 9.36 Å². The first kappa shape index (κ1) is 13.2. The van der Waals surface area contributed by atoms with Gasteiger partial charge in [0.25, 0.3) is 5.56 Å². The summed E-state index contributed by atoms with van der Waals surface area (Å²) in [6.45, 7) is 3.68. The summed E-state index contributed by atoms with van der Waals surface area (Å²) >= 11 is 0. The molecule has 1 N–H and O–H groups in total. The summed E-state index contributed by atoms with van der Waals surface area (Å²) in [4.78, 5) is 17.5. The van der Waals surface area contributed by atoms with E-state index in [2.05, 4.69) is 11.1 Å². The largest absolute Gasteiger partial charge is 0.370 e. The highest BCUT2D eigenvalue weighted by Gasteiger charge is 2.34. The second kappa shape index (κ2) is 4.27. The fraction of sp³-hybridized carbons (Fsp3) is 0.222. The number of aromatic nitrogens is 2. The Bertz CT molecular complexity index is 970. The Morgan fingerprint density at radius 1 is 1.23 bits per heavy atom. The highest BCUT2D eigenvalue weighted by atomic mass is 16.3. The van der Waals surface area contributed by atoms with Crippen molar-refractivity contribution < 1.29 is 5.11 Å². The fourth-order valence-corrected chi connectivity index (χ4v) is 3.29. The first-order valence-electron chi connectivity index (χ1n) is 7.32. The molecule has 0 saturated carbocycles. The Balaban J connectivity index is 2.17. The molecule has 4 heteroatoms. The number of rotatable bonds is 0. The molecule has 110 valence electrons. The van der Waals surface area contributed by atoms with Crippen LogP contribution in [0.1, 0.15) is 18.1 Å². The third kappa shape index (κ3) is 1.74. The lowest BCUT2D eigenvalue weighted by Gasteiger charge is -2.34. The summed E-state index contributed by atoms with van der Waals surface area (Å²) in [5.41, 5.74) is 2.25. The number of hydrogen-bond acceptors (Lipinski definition) is 3. The molecular weight excluding hydrogens is 276 g/mol. The maximum Gasteiger partial charge on any atom is 0.264 e. The molecule has 1 aromatic heterocycles. The highest BCUT2D eigenvalue weighted by molar-refractivity contribution is 5.80. The Morgan fingerprint density at radius 3 is 2.82 bits per heavy atom. The number of aryl methyl sites for hydroxylation is 1. The number of benzene rings is 2. The van der Waals surface area contributed by atoms with Gasteiger partial charge in [0.05, 0.1) is 10.9 Å². The number of hydrogen-bond donors (Lipinski definition) is 1. The zero-order valence-corrected chi connectivity index (χ0v) is 12.5. The van der Waals surface area contributed by atoms with Crippen LogP contribution in [-0.2, 0) is 12.1 Å². The smallest absolute Gasteiger partial charge is 0.264 e. The number of nitrogens with zero attached hydrogens (tertiary/aromatic N) is 2. The molecule has 0 fully saturated rings. The van der Waals surface area contributed by atoms with Gasteiger partial charge in [0.1, 0.15) is 11.5 Å². The van der Waals surface area contributed by atoms with Gasteiger partial charge >= 0.3 is 0 Å². The Morgan fingerprint density at radius 2 is 2.00 bits per heavy atom. The number of fused-ring (bicyclic) bond motifs is 4. The Hall–Kier alpha value is -2.46. The maximum atomic E-state index is 12.8. The van der Waals surface area contributed by atoms with Gasteiger partial charge < -0.3 is 5.11 Å². The molecule has 0 saturated heterocycles. The molecular formula is C18H16N2O2. The third-order valence-corrected chi connectivity index (χ3v) is 4.28. The highest BCUT2D eigenvalue weighted by Crippen LogP contribution is 2.35. The van der Waals surface area contributed by atoms with Crippen LogP contribution < -0.4 is 5.56 Å². The van der Waals surface area contributed by atoms with Crippen LogP contribution in [0.4, 0.5) is 0 Å². The molecule has 22 heavy (non-hydrogen) atoms. The average Bonchev–Trinajstić information content (AvgIpc) is 2.46. The van der Waals surface area contributed by atoms with E-state index in [4.69, 9.17) is 0 Å². The summed E-state index contributed by atoms with van der Waals surface area (Å²) < 4.78 is 1.42. The lowest BCUT2D eigenvalue weighted by Crippen LogP contribution is -2.44. The minimum atomic E-state index is -1.27. The predicted octanol–water partition coefficient (Wildman–Crippen LogP) is 2.59. The van der Waals surface area contributed by atoms with Crippen LogP contribution in [0.5, 0.6) is 0 Å². The van der Waals surface area contributed by atoms with Crippen LogP contribution >= 0.6 is 0 Å². The van der Waals surface area contributed by atoms with E-state index in [9.17, 15) is 9.90 Å². The van der Waals surface area contributed by atoms with Crippen molar-refractivity contribution in [2.45, 2.75) is 26.0 Å². The quantitative estimate of drug-likeness (QED) is 0.693. The molecule has 4 rings (SSSR count). The molecule has 0 aliphatic carbocycles. The maximum absolute atomic E-state index is 12.8. The second-order valence-electron chi connectivity index (χ2n) is 6.15. The number of para-hydroxylation sites is 1. The van der Waals surface area contributed by atoms with Gasteiger partial charge in [0.15, 0.2) is 0 Å².